The number of anilines is 1. The fraction of sp³-hybridized carbons (Fsp3) is 0.300. The maximum atomic E-state index is 11.1. The second-order valence-electron chi connectivity index (χ2n) is 4.57. The highest BCUT2D eigenvalue weighted by molar-refractivity contribution is 7.70. The summed E-state index contributed by atoms with van der Waals surface area (Å²) in [6.45, 7) is -0.516. The van der Waals surface area contributed by atoms with E-state index in [1.54, 1.807) is 0 Å². The zero-order valence-corrected chi connectivity index (χ0v) is 13.0. The number of aromatic nitrogens is 2. The summed E-state index contributed by atoms with van der Waals surface area (Å²) in [4.78, 5) is 43.0. The lowest BCUT2D eigenvalue weighted by Gasteiger charge is -2.19. The average Bonchev–Trinajstić information content (AvgIpc) is 2.77. The topological polar surface area (TPSA) is 168 Å². The molecule has 0 radical (unpaired) electrons. The molecule has 0 atom stereocenters. The Kier molecular flexibility index (Phi) is 5.03. The average molecular weight is 350 g/mol. The van der Waals surface area contributed by atoms with Gasteiger partial charge in [-0.05, 0) is 12.1 Å². The molecule has 122 valence electrons. The standard InChI is InChI=1S/C10H16N4O6P2/c15-21(16,17)9(22(18,19)20)5-11-6-12-10-13-7-3-1-2-4-8(7)14-10/h1-4,9,11H,5-6H2,(H2,12,13,14)(H2,15,16,17)(H2,18,19,20). The van der Waals surface area contributed by atoms with Gasteiger partial charge >= 0.3 is 15.2 Å². The zero-order chi connectivity index (χ0) is 16.4. The van der Waals surface area contributed by atoms with E-state index >= 15 is 0 Å². The van der Waals surface area contributed by atoms with Crippen LogP contribution in [0.25, 0.3) is 11.0 Å². The first kappa shape index (κ1) is 17.1. The van der Waals surface area contributed by atoms with Crippen molar-refractivity contribution in [3.8, 4) is 0 Å². The number of aromatic amines is 1. The first-order valence-corrected chi connectivity index (χ1v) is 9.54. The second kappa shape index (κ2) is 6.47. The van der Waals surface area contributed by atoms with Gasteiger partial charge in [0, 0.05) is 6.54 Å². The molecule has 0 saturated heterocycles. The van der Waals surface area contributed by atoms with Gasteiger partial charge in [0.2, 0.25) is 5.95 Å². The Hall–Kier alpha value is -1.25. The van der Waals surface area contributed by atoms with E-state index in [9.17, 15) is 9.13 Å². The smallest absolute Gasteiger partial charge is 0.342 e. The summed E-state index contributed by atoms with van der Waals surface area (Å²) in [5, 5.41) is 3.27. The molecule has 0 aliphatic rings. The Morgan fingerprint density at radius 3 is 2.36 bits per heavy atom. The van der Waals surface area contributed by atoms with Crippen molar-refractivity contribution >= 4 is 32.2 Å². The summed E-state index contributed by atoms with van der Waals surface area (Å²) >= 11 is 0. The number of rotatable bonds is 7. The third-order valence-electron chi connectivity index (χ3n) is 2.87. The van der Waals surface area contributed by atoms with Gasteiger partial charge in [-0.15, -0.1) is 0 Å². The van der Waals surface area contributed by atoms with Gasteiger partial charge in [-0.1, -0.05) is 12.1 Å². The molecule has 1 aromatic carbocycles. The van der Waals surface area contributed by atoms with Crippen LogP contribution in [0.5, 0.6) is 0 Å². The van der Waals surface area contributed by atoms with E-state index in [1.807, 2.05) is 24.3 Å². The summed E-state index contributed by atoms with van der Waals surface area (Å²) < 4.78 is 22.2. The Bertz CT molecular complexity index is 683. The summed E-state index contributed by atoms with van der Waals surface area (Å²) in [7, 11) is -9.82. The number of hydrogen-bond acceptors (Lipinski definition) is 5. The van der Waals surface area contributed by atoms with Crippen molar-refractivity contribution < 1.29 is 28.7 Å². The van der Waals surface area contributed by atoms with Crippen molar-refractivity contribution in [3.05, 3.63) is 24.3 Å². The molecule has 22 heavy (non-hydrogen) atoms. The molecular weight excluding hydrogens is 334 g/mol. The first-order chi connectivity index (χ1) is 10.2. The van der Waals surface area contributed by atoms with Gasteiger partial charge in [0.1, 0.15) is 0 Å². The third kappa shape index (κ3) is 4.37. The molecule has 7 N–H and O–H groups in total. The van der Waals surface area contributed by atoms with Gasteiger partial charge in [-0.25, -0.2) is 4.98 Å². The van der Waals surface area contributed by atoms with Crippen LogP contribution in [0.4, 0.5) is 5.95 Å². The highest BCUT2D eigenvalue weighted by Gasteiger charge is 2.42. The summed E-state index contributed by atoms with van der Waals surface area (Å²) in [6.07, 6.45) is 0. The lowest BCUT2D eigenvalue weighted by Crippen LogP contribution is -2.31. The quantitative estimate of drug-likeness (QED) is 0.210. The number of para-hydroxylation sites is 2. The van der Waals surface area contributed by atoms with Gasteiger partial charge in [0.15, 0.2) is 5.40 Å². The molecule has 0 saturated carbocycles. The van der Waals surface area contributed by atoms with E-state index in [-0.39, 0.29) is 6.67 Å². The van der Waals surface area contributed by atoms with E-state index in [2.05, 4.69) is 20.6 Å². The van der Waals surface area contributed by atoms with Crippen LogP contribution in [-0.4, -0.2) is 48.2 Å². The molecule has 0 aliphatic heterocycles. The molecule has 0 unspecified atom stereocenters. The van der Waals surface area contributed by atoms with Crippen molar-refractivity contribution in [2.24, 2.45) is 0 Å². The molecule has 2 rings (SSSR count). The molecule has 0 aliphatic carbocycles. The van der Waals surface area contributed by atoms with Gasteiger partial charge in [0.05, 0.1) is 17.7 Å². The van der Waals surface area contributed by atoms with Crippen molar-refractivity contribution in [3.63, 3.8) is 0 Å². The van der Waals surface area contributed by atoms with Gasteiger partial charge in [-0.3, -0.25) is 14.4 Å². The lowest BCUT2D eigenvalue weighted by atomic mass is 10.3. The van der Waals surface area contributed by atoms with Crippen LogP contribution >= 0.6 is 15.2 Å². The Labute approximate surface area is 125 Å². The van der Waals surface area contributed by atoms with Crippen molar-refractivity contribution in [1.82, 2.24) is 15.3 Å². The highest BCUT2D eigenvalue weighted by Crippen LogP contribution is 2.59. The molecule has 0 bridgehead atoms. The van der Waals surface area contributed by atoms with Crippen molar-refractivity contribution in [2.45, 2.75) is 5.40 Å². The lowest BCUT2D eigenvalue weighted by molar-refractivity contribution is 0.336. The minimum absolute atomic E-state index is 0.0241. The molecule has 0 spiro atoms. The molecule has 1 heterocycles. The number of imidazole rings is 1. The van der Waals surface area contributed by atoms with Crippen LogP contribution in [0.1, 0.15) is 0 Å². The Balaban J connectivity index is 1.90. The van der Waals surface area contributed by atoms with E-state index in [4.69, 9.17) is 19.6 Å². The zero-order valence-electron chi connectivity index (χ0n) is 11.2. The van der Waals surface area contributed by atoms with E-state index in [0.717, 1.165) is 11.0 Å². The van der Waals surface area contributed by atoms with Crippen LogP contribution in [0.15, 0.2) is 24.3 Å². The maximum Gasteiger partial charge on any atom is 0.342 e. The normalized spacial score (nSPS) is 13.0. The van der Waals surface area contributed by atoms with E-state index in [1.165, 1.54) is 0 Å². The van der Waals surface area contributed by atoms with Crippen molar-refractivity contribution in [2.75, 3.05) is 18.5 Å². The fourth-order valence-corrected chi connectivity index (χ4v) is 4.12. The summed E-state index contributed by atoms with van der Waals surface area (Å²) in [5.41, 5.74) is 1.56. The number of H-pyrrole nitrogens is 1. The molecule has 0 amide bonds. The third-order valence-corrected chi connectivity index (χ3v) is 6.60. The van der Waals surface area contributed by atoms with Gasteiger partial charge < -0.3 is 29.9 Å². The summed E-state index contributed by atoms with van der Waals surface area (Å²) in [5.74, 6) is 0.428. The largest absolute Gasteiger partial charge is 0.343 e. The van der Waals surface area contributed by atoms with Gasteiger partial charge in [-0.2, -0.15) is 0 Å². The molecule has 10 nitrogen and oxygen atoms in total. The van der Waals surface area contributed by atoms with Crippen molar-refractivity contribution in [1.29, 1.82) is 0 Å². The minimum atomic E-state index is -4.91. The summed E-state index contributed by atoms with van der Waals surface area (Å²) in [6, 6.07) is 7.31. The minimum Gasteiger partial charge on any atom is -0.343 e. The number of fused-ring (bicyclic) bond motifs is 1. The second-order valence-corrected chi connectivity index (χ2v) is 8.58. The highest BCUT2D eigenvalue weighted by atomic mass is 31.2. The Morgan fingerprint density at radius 2 is 1.77 bits per heavy atom. The van der Waals surface area contributed by atoms with Crippen LogP contribution < -0.4 is 10.6 Å². The number of hydrogen-bond donors (Lipinski definition) is 7. The number of benzene rings is 1. The number of nitrogens with one attached hydrogen (secondary N) is 3. The molecule has 0 fully saturated rings. The van der Waals surface area contributed by atoms with Crippen LogP contribution in [-0.2, 0) is 9.13 Å². The molecular formula is C10H16N4O6P2. The molecule has 12 heteroatoms. The SMILES string of the molecule is O=P(O)(O)C(CNCNc1nc2ccccc2[nH]1)P(=O)(O)O. The molecule has 2 aromatic rings. The number of nitrogens with zero attached hydrogens (tertiary/aromatic N) is 1. The van der Waals surface area contributed by atoms with Crippen LogP contribution in [0.3, 0.4) is 0 Å². The fourth-order valence-electron chi connectivity index (χ4n) is 1.82. The maximum absolute atomic E-state index is 11.1. The van der Waals surface area contributed by atoms with E-state index < -0.39 is 27.1 Å². The molecule has 1 aromatic heterocycles. The predicted octanol–water partition coefficient (Wildman–Crippen LogP) is 0.203. The van der Waals surface area contributed by atoms with Crippen LogP contribution in [0.2, 0.25) is 0 Å². The monoisotopic (exact) mass is 350 g/mol. The Morgan fingerprint density at radius 1 is 1.14 bits per heavy atom. The first-order valence-electron chi connectivity index (χ1n) is 6.18. The van der Waals surface area contributed by atoms with Crippen LogP contribution in [0, 0.1) is 0 Å². The van der Waals surface area contributed by atoms with Gasteiger partial charge in [0.25, 0.3) is 0 Å². The predicted molar refractivity (Wildman–Crippen MR) is 80.5 cm³/mol. The van der Waals surface area contributed by atoms with E-state index in [0.29, 0.717) is 5.95 Å².